The van der Waals surface area contributed by atoms with E-state index in [9.17, 15) is 10.1 Å². The van der Waals surface area contributed by atoms with Crippen molar-refractivity contribution in [1.29, 1.82) is 5.26 Å². The Kier molecular flexibility index (Phi) is 4.52. The van der Waals surface area contributed by atoms with Crippen molar-refractivity contribution in [1.82, 2.24) is 19.4 Å². The molecule has 8 nitrogen and oxygen atoms in total. The fourth-order valence-electron chi connectivity index (χ4n) is 4.57. The molecule has 0 bridgehead atoms. The minimum absolute atomic E-state index is 0.106. The fraction of sp³-hybridized carbons (Fsp3) is 0.231. The number of anilines is 1. The molecular weight excluding hydrogens is 426 g/mol. The number of hydrogen-bond donors (Lipinski definition) is 1. The molecule has 0 spiro atoms. The number of primary amides is 1. The SMILES string of the molecule is C=C(C(N)=O)C1CN(c2ccc(-c3cc(-c4cnn(C5CC5)c4)cn4ncc(C#N)c34)cc2)C1. The molecule has 1 saturated carbocycles. The molecule has 4 aromatic rings. The quantitative estimate of drug-likeness (QED) is 0.453. The van der Waals surface area contributed by atoms with E-state index in [0.29, 0.717) is 17.2 Å². The van der Waals surface area contributed by atoms with Gasteiger partial charge in [-0.2, -0.15) is 15.5 Å². The van der Waals surface area contributed by atoms with Gasteiger partial charge >= 0.3 is 0 Å². The number of fused-ring (bicyclic) bond motifs is 1. The highest BCUT2D eigenvalue weighted by Crippen LogP contribution is 2.37. The van der Waals surface area contributed by atoms with Crippen molar-refractivity contribution in [2.24, 2.45) is 11.7 Å². The van der Waals surface area contributed by atoms with Crippen LogP contribution in [0.3, 0.4) is 0 Å². The zero-order valence-electron chi connectivity index (χ0n) is 18.6. The van der Waals surface area contributed by atoms with Crippen LogP contribution in [0.25, 0.3) is 27.8 Å². The number of nitrogens with two attached hydrogens (primary N) is 1. The summed E-state index contributed by atoms with van der Waals surface area (Å²) in [5, 5.41) is 18.6. The van der Waals surface area contributed by atoms with E-state index in [1.54, 1.807) is 10.7 Å². The van der Waals surface area contributed by atoms with Crippen molar-refractivity contribution in [3.05, 3.63) is 72.8 Å². The highest BCUT2D eigenvalue weighted by molar-refractivity contribution is 5.92. The molecule has 6 rings (SSSR count). The number of nitriles is 1. The predicted octanol–water partition coefficient (Wildman–Crippen LogP) is 3.55. The predicted molar refractivity (Wildman–Crippen MR) is 129 cm³/mol. The third-order valence-corrected chi connectivity index (χ3v) is 6.82. The summed E-state index contributed by atoms with van der Waals surface area (Å²) in [5.74, 6) is -0.323. The van der Waals surface area contributed by atoms with E-state index in [4.69, 9.17) is 5.73 Å². The first-order valence-corrected chi connectivity index (χ1v) is 11.3. The Morgan fingerprint density at radius 3 is 2.50 bits per heavy atom. The van der Waals surface area contributed by atoms with Crippen molar-refractivity contribution < 1.29 is 4.79 Å². The molecular formula is C26H23N7O. The lowest BCUT2D eigenvalue weighted by Gasteiger charge is -2.41. The number of rotatable bonds is 6. The van der Waals surface area contributed by atoms with Gasteiger partial charge in [-0.3, -0.25) is 9.48 Å². The maximum atomic E-state index is 11.4. The Morgan fingerprint density at radius 2 is 1.82 bits per heavy atom. The Hall–Kier alpha value is -4.38. The number of carbonyl (C=O) groups is 1. The van der Waals surface area contributed by atoms with Crippen LogP contribution in [0, 0.1) is 17.2 Å². The molecule has 1 amide bonds. The molecule has 1 aromatic carbocycles. The van der Waals surface area contributed by atoms with Gasteiger partial charge in [-0.1, -0.05) is 18.7 Å². The highest BCUT2D eigenvalue weighted by atomic mass is 16.1. The number of amides is 1. The molecule has 2 aliphatic rings. The minimum Gasteiger partial charge on any atom is -0.370 e. The van der Waals surface area contributed by atoms with E-state index >= 15 is 0 Å². The topological polar surface area (TPSA) is 105 Å². The number of benzene rings is 1. The van der Waals surface area contributed by atoms with Crippen LogP contribution < -0.4 is 10.6 Å². The van der Waals surface area contributed by atoms with Crippen LogP contribution in [0.1, 0.15) is 24.4 Å². The average Bonchev–Trinajstić information content (AvgIpc) is 3.39. The first-order valence-electron chi connectivity index (χ1n) is 11.3. The molecule has 1 aliphatic heterocycles. The van der Waals surface area contributed by atoms with Crippen molar-refractivity contribution in [3.8, 4) is 28.3 Å². The molecule has 4 heterocycles. The van der Waals surface area contributed by atoms with Crippen LogP contribution in [0.5, 0.6) is 0 Å². The van der Waals surface area contributed by atoms with Crippen molar-refractivity contribution in [2.75, 3.05) is 18.0 Å². The second-order valence-electron chi connectivity index (χ2n) is 9.08. The monoisotopic (exact) mass is 449 g/mol. The molecule has 0 unspecified atom stereocenters. The molecule has 0 radical (unpaired) electrons. The second kappa shape index (κ2) is 7.59. The van der Waals surface area contributed by atoms with Crippen molar-refractivity contribution in [3.63, 3.8) is 0 Å². The largest absolute Gasteiger partial charge is 0.370 e. The zero-order chi connectivity index (χ0) is 23.4. The van der Waals surface area contributed by atoms with E-state index in [0.717, 1.165) is 46.5 Å². The number of hydrogen-bond acceptors (Lipinski definition) is 5. The molecule has 1 saturated heterocycles. The minimum atomic E-state index is -0.430. The summed E-state index contributed by atoms with van der Waals surface area (Å²) in [4.78, 5) is 13.5. The van der Waals surface area contributed by atoms with Crippen LogP contribution in [0.15, 0.2) is 67.3 Å². The van der Waals surface area contributed by atoms with E-state index < -0.39 is 5.91 Å². The van der Waals surface area contributed by atoms with E-state index in [-0.39, 0.29) is 5.92 Å². The summed E-state index contributed by atoms with van der Waals surface area (Å²) in [6.07, 6.45) is 9.89. The summed E-state index contributed by atoms with van der Waals surface area (Å²) in [6.45, 7) is 5.26. The van der Waals surface area contributed by atoms with Gasteiger partial charge in [0.2, 0.25) is 5.91 Å². The number of aromatic nitrogens is 4. The molecule has 2 N–H and O–H groups in total. The van der Waals surface area contributed by atoms with E-state index in [1.165, 1.54) is 12.8 Å². The lowest BCUT2D eigenvalue weighted by atomic mass is 9.91. The second-order valence-corrected chi connectivity index (χ2v) is 9.08. The summed E-state index contributed by atoms with van der Waals surface area (Å²) in [6, 6.07) is 13.1. The first-order chi connectivity index (χ1) is 16.5. The Bertz CT molecular complexity index is 1480. The molecule has 3 aromatic heterocycles. The lowest BCUT2D eigenvalue weighted by molar-refractivity contribution is -0.115. The summed E-state index contributed by atoms with van der Waals surface area (Å²) < 4.78 is 3.81. The molecule has 8 heteroatoms. The molecule has 168 valence electrons. The van der Waals surface area contributed by atoms with Gasteiger partial charge in [0.05, 0.1) is 29.5 Å². The van der Waals surface area contributed by atoms with E-state index in [1.807, 2.05) is 17.1 Å². The maximum absolute atomic E-state index is 11.4. The zero-order valence-corrected chi connectivity index (χ0v) is 18.6. The van der Waals surface area contributed by atoms with Crippen molar-refractivity contribution in [2.45, 2.75) is 18.9 Å². The lowest BCUT2D eigenvalue weighted by Crippen LogP contribution is -2.49. The van der Waals surface area contributed by atoms with Crippen LogP contribution >= 0.6 is 0 Å². The summed E-state index contributed by atoms with van der Waals surface area (Å²) >= 11 is 0. The smallest absolute Gasteiger partial charge is 0.244 e. The number of carbonyl (C=O) groups excluding carboxylic acids is 1. The average molecular weight is 450 g/mol. The van der Waals surface area contributed by atoms with Crippen LogP contribution in [0.4, 0.5) is 5.69 Å². The molecule has 2 fully saturated rings. The van der Waals surface area contributed by atoms with Gasteiger partial charge in [0, 0.05) is 59.4 Å². The van der Waals surface area contributed by atoms with Gasteiger partial charge in [-0.05, 0) is 36.6 Å². The Morgan fingerprint density at radius 1 is 1.06 bits per heavy atom. The molecule has 1 aliphatic carbocycles. The van der Waals surface area contributed by atoms with Gasteiger partial charge in [0.1, 0.15) is 6.07 Å². The normalized spacial score (nSPS) is 15.8. The number of pyridine rings is 1. The maximum Gasteiger partial charge on any atom is 0.244 e. The van der Waals surface area contributed by atoms with Gasteiger partial charge in [-0.25, -0.2) is 4.52 Å². The van der Waals surface area contributed by atoms with Crippen LogP contribution in [-0.4, -0.2) is 38.4 Å². The van der Waals surface area contributed by atoms with E-state index in [2.05, 4.69) is 64.3 Å². The molecule has 34 heavy (non-hydrogen) atoms. The number of nitrogens with zero attached hydrogens (tertiary/aromatic N) is 6. The first kappa shape index (κ1) is 20.2. The van der Waals surface area contributed by atoms with Crippen LogP contribution in [0.2, 0.25) is 0 Å². The summed E-state index contributed by atoms with van der Waals surface area (Å²) in [7, 11) is 0. The standard InChI is InChI=1S/C26H23N7O/c1-16(26(28)34)21-12-31(13-21)22-4-2-17(3-5-22)24-8-18(14-33-25(24)19(9-27)10-30-33)20-11-29-32(15-20)23-6-7-23/h2-5,8,10-11,14-15,21,23H,1,6-7,12-13H2,(H2,28,34). The molecule has 0 atom stereocenters. The third kappa shape index (κ3) is 3.33. The Balaban J connectivity index is 1.34. The Labute approximate surface area is 196 Å². The van der Waals surface area contributed by atoms with Gasteiger partial charge in [0.25, 0.3) is 0 Å². The summed E-state index contributed by atoms with van der Waals surface area (Å²) in [5.41, 5.74) is 12.2. The van der Waals surface area contributed by atoms with Crippen LogP contribution in [-0.2, 0) is 4.79 Å². The fourth-order valence-corrected chi connectivity index (χ4v) is 4.57. The highest BCUT2D eigenvalue weighted by Gasteiger charge is 2.31. The van der Waals surface area contributed by atoms with Gasteiger partial charge in [-0.15, -0.1) is 0 Å². The van der Waals surface area contributed by atoms with Gasteiger partial charge < -0.3 is 10.6 Å². The third-order valence-electron chi connectivity index (χ3n) is 6.82. The van der Waals surface area contributed by atoms with Crippen molar-refractivity contribution >= 4 is 17.1 Å². The van der Waals surface area contributed by atoms with Gasteiger partial charge in [0.15, 0.2) is 0 Å².